The molecule has 5 heteroatoms. The molecule has 0 aromatic heterocycles. The smallest absolute Gasteiger partial charge is 0.246 e. The molecule has 2 aromatic rings. The van der Waals surface area contributed by atoms with Crippen LogP contribution in [-0.2, 0) is 4.79 Å². The Bertz CT molecular complexity index is 831. The number of para-hydroxylation sites is 1. The van der Waals surface area contributed by atoms with Gasteiger partial charge in [0.25, 0.3) is 0 Å². The Morgan fingerprint density at radius 2 is 1.77 bits per heavy atom. The van der Waals surface area contributed by atoms with E-state index in [1.54, 1.807) is 17.8 Å². The largest absolute Gasteiger partial charge is 0.367 e. The van der Waals surface area contributed by atoms with Crippen molar-refractivity contribution in [2.45, 2.75) is 4.90 Å². The molecule has 1 aliphatic rings. The maximum Gasteiger partial charge on any atom is 0.246 e. The number of nitriles is 1. The van der Waals surface area contributed by atoms with Crippen molar-refractivity contribution in [3.05, 3.63) is 65.7 Å². The molecule has 1 aliphatic heterocycles. The molecule has 26 heavy (non-hydrogen) atoms. The summed E-state index contributed by atoms with van der Waals surface area (Å²) < 4.78 is 0. The Kier molecular flexibility index (Phi) is 5.98. The molecule has 132 valence electrons. The molecule has 2 aromatic carbocycles. The second-order valence-corrected chi connectivity index (χ2v) is 6.93. The second-order valence-electron chi connectivity index (χ2n) is 6.05. The number of amides is 1. The minimum Gasteiger partial charge on any atom is -0.367 e. The fourth-order valence-corrected chi connectivity index (χ4v) is 3.41. The van der Waals surface area contributed by atoms with E-state index < -0.39 is 0 Å². The third kappa shape index (κ3) is 4.27. The van der Waals surface area contributed by atoms with Crippen molar-refractivity contribution >= 4 is 29.4 Å². The van der Waals surface area contributed by atoms with Crippen LogP contribution in [0.4, 0.5) is 5.69 Å². The Morgan fingerprint density at radius 3 is 2.42 bits per heavy atom. The van der Waals surface area contributed by atoms with Crippen molar-refractivity contribution in [1.82, 2.24) is 4.90 Å². The number of rotatable bonds is 4. The van der Waals surface area contributed by atoms with Gasteiger partial charge in [-0.1, -0.05) is 24.3 Å². The third-order valence-corrected chi connectivity index (χ3v) is 5.23. The van der Waals surface area contributed by atoms with Crippen molar-refractivity contribution in [2.75, 3.05) is 37.3 Å². The molecule has 3 rings (SSSR count). The third-order valence-electron chi connectivity index (χ3n) is 4.49. The highest BCUT2D eigenvalue weighted by molar-refractivity contribution is 7.98. The second kappa shape index (κ2) is 8.59. The van der Waals surface area contributed by atoms with Crippen molar-refractivity contribution in [3.63, 3.8) is 0 Å². The van der Waals surface area contributed by atoms with Gasteiger partial charge < -0.3 is 9.80 Å². The van der Waals surface area contributed by atoms with E-state index in [2.05, 4.69) is 23.1 Å². The molecule has 1 heterocycles. The summed E-state index contributed by atoms with van der Waals surface area (Å²) >= 11 is 1.70. The van der Waals surface area contributed by atoms with Gasteiger partial charge >= 0.3 is 0 Å². The first-order valence-corrected chi connectivity index (χ1v) is 9.79. The zero-order valence-corrected chi connectivity index (χ0v) is 15.6. The van der Waals surface area contributed by atoms with Crippen LogP contribution in [0, 0.1) is 11.3 Å². The number of hydrogen-bond donors (Lipinski definition) is 0. The first-order valence-electron chi connectivity index (χ1n) is 8.56. The molecule has 0 bridgehead atoms. The van der Waals surface area contributed by atoms with Gasteiger partial charge in [-0.3, -0.25) is 4.79 Å². The number of piperazine rings is 1. The molecule has 0 saturated carbocycles. The first-order chi connectivity index (χ1) is 12.7. The predicted molar refractivity (Wildman–Crippen MR) is 107 cm³/mol. The van der Waals surface area contributed by atoms with Crippen LogP contribution in [-0.4, -0.2) is 43.2 Å². The summed E-state index contributed by atoms with van der Waals surface area (Å²) in [6.07, 6.45) is 5.56. The lowest BCUT2D eigenvalue weighted by molar-refractivity contribution is -0.126. The van der Waals surface area contributed by atoms with Crippen LogP contribution in [0.1, 0.15) is 11.1 Å². The molecule has 1 amide bonds. The Balaban J connectivity index is 1.58. The zero-order valence-electron chi connectivity index (χ0n) is 14.8. The molecule has 0 N–H and O–H groups in total. The lowest BCUT2D eigenvalue weighted by Gasteiger charge is -2.36. The SMILES string of the molecule is CSc1ccc(/C=C/C(=O)N2CCN(c3ccccc3C#N)CC2)cc1. The number of carbonyl (C=O) groups excluding carboxylic acids is 1. The molecule has 0 radical (unpaired) electrons. The van der Waals surface area contributed by atoms with Crippen molar-refractivity contribution in [2.24, 2.45) is 0 Å². The van der Waals surface area contributed by atoms with E-state index in [-0.39, 0.29) is 5.91 Å². The van der Waals surface area contributed by atoms with E-state index in [0.29, 0.717) is 18.7 Å². The fourth-order valence-electron chi connectivity index (χ4n) is 3.00. The van der Waals surface area contributed by atoms with Gasteiger partial charge in [-0.15, -0.1) is 11.8 Å². The van der Waals surface area contributed by atoms with E-state index in [4.69, 9.17) is 0 Å². The van der Waals surface area contributed by atoms with Gasteiger partial charge in [-0.05, 0) is 42.2 Å². The van der Waals surface area contributed by atoms with Crippen LogP contribution < -0.4 is 4.90 Å². The number of carbonyl (C=O) groups is 1. The lowest BCUT2D eigenvalue weighted by atomic mass is 10.1. The van der Waals surface area contributed by atoms with Gasteiger partial charge in [0, 0.05) is 37.2 Å². The van der Waals surface area contributed by atoms with Gasteiger partial charge in [0.05, 0.1) is 11.3 Å². The fraction of sp³-hybridized carbons (Fsp3) is 0.238. The van der Waals surface area contributed by atoms with Gasteiger partial charge in [-0.25, -0.2) is 0 Å². The van der Waals surface area contributed by atoms with Gasteiger partial charge in [0.1, 0.15) is 6.07 Å². The summed E-state index contributed by atoms with van der Waals surface area (Å²) in [5, 5.41) is 9.25. The van der Waals surface area contributed by atoms with E-state index in [9.17, 15) is 10.1 Å². The van der Waals surface area contributed by atoms with Crippen LogP contribution in [0.25, 0.3) is 6.08 Å². The summed E-state index contributed by atoms with van der Waals surface area (Å²) in [6, 6.07) is 18.0. The van der Waals surface area contributed by atoms with Crippen molar-refractivity contribution < 1.29 is 4.79 Å². The molecule has 1 saturated heterocycles. The summed E-state index contributed by atoms with van der Waals surface area (Å²) in [7, 11) is 0. The molecular weight excluding hydrogens is 342 g/mol. The molecule has 0 aliphatic carbocycles. The zero-order chi connectivity index (χ0) is 18.4. The van der Waals surface area contributed by atoms with Crippen LogP contribution in [0.15, 0.2) is 59.5 Å². The number of benzene rings is 2. The Morgan fingerprint density at radius 1 is 1.08 bits per heavy atom. The molecular formula is C21H21N3OS. The van der Waals surface area contributed by atoms with Gasteiger partial charge in [-0.2, -0.15) is 5.26 Å². The average Bonchev–Trinajstić information content (AvgIpc) is 2.72. The van der Waals surface area contributed by atoms with Crippen molar-refractivity contribution in [3.8, 4) is 6.07 Å². The van der Waals surface area contributed by atoms with Crippen LogP contribution in [0.2, 0.25) is 0 Å². The first kappa shape index (κ1) is 18.1. The van der Waals surface area contributed by atoms with Crippen LogP contribution >= 0.6 is 11.8 Å². The topological polar surface area (TPSA) is 47.3 Å². The molecule has 4 nitrogen and oxygen atoms in total. The Labute approximate surface area is 158 Å². The number of anilines is 1. The van der Waals surface area contributed by atoms with Gasteiger partial charge in [0.15, 0.2) is 0 Å². The molecule has 0 unspecified atom stereocenters. The standard InChI is InChI=1S/C21H21N3OS/c1-26-19-9-6-17(7-10-19)8-11-21(25)24-14-12-23(13-15-24)20-5-3-2-4-18(20)16-22/h2-11H,12-15H2,1H3/b11-8+. The van der Waals surface area contributed by atoms with E-state index in [0.717, 1.165) is 24.3 Å². The minimum atomic E-state index is 0.0344. The van der Waals surface area contributed by atoms with E-state index >= 15 is 0 Å². The molecule has 1 fully saturated rings. The van der Waals surface area contributed by atoms with Crippen LogP contribution in [0.3, 0.4) is 0 Å². The molecule has 0 atom stereocenters. The maximum atomic E-state index is 12.4. The predicted octanol–water partition coefficient (Wildman–Crippen LogP) is 3.64. The maximum absolute atomic E-state index is 12.4. The monoisotopic (exact) mass is 363 g/mol. The normalized spacial score (nSPS) is 14.5. The number of nitrogens with zero attached hydrogens (tertiary/aromatic N) is 3. The highest BCUT2D eigenvalue weighted by atomic mass is 32.2. The number of hydrogen-bond acceptors (Lipinski definition) is 4. The summed E-state index contributed by atoms with van der Waals surface area (Å²) in [5.74, 6) is 0.0344. The minimum absolute atomic E-state index is 0.0344. The summed E-state index contributed by atoms with van der Waals surface area (Å²) in [5.41, 5.74) is 2.66. The lowest BCUT2D eigenvalue weighted by Crippen LogP contribution is -2.48. The van der Waals surface area contributed by atoms with E-state index in [1.807, 2.05) is 53.6 Å². The average molecular weight is 363 g/mol. The van der Waals surface area contributed by atoms with Gasteiger partial charge in [0.2, 0.25) is 5.91 Å². The quantitative estimate of drug-likeness (QED) is 0.615. The summed E-state index contributed by atoms with van der Waals surface area (Å²) in [6.45, 7) is 2.80. The summed E-state index contributed by atoms with van der Waals surface area (Å²) in [4.78, 5) is 17.7. The number of thioether (sulfide) groups is 1. The van der Waals surface area contributed by atoms with Crippen molar-refractivity contribution in [1.29, 1.82) is 5.26 Å². The highest BCUT2D eigenvalue weighted by Gasteiger charge is 2.21. The molecule has 0 spiro atoms. The van der Waals surface area contributed by atoms with E-state index in [1.165, 1.54) is 4.90 Å². The highest BCUT2D eigenvalue weighted by Crippen LogP contribution is 2.21. The Hall–Kier alpha value is -2.71. The van der Waals surface area contributed by atoms with Crippen LogP contribution in [0.5, 0.6) is 0 Å².